The Morgan fingerprint density at radius 3 is 2.39 bits per heavy atom. The maximum absolute atomic E-state index is 12.2. The highest BCUT2D eigenvalue weighted by Crippen LogP contribution is 2.15. The van der Waals surface area contributed by atoms with E-state index >= 15 is 0 Å². The first-order valence-electron chi connectivity index (χ1n) is 7.89. The summed E-state index contributed by atoms with van der Waals surface area (Å²) >= 11 is 0. The molecule has 7 nitrogen and oxygen atoms in total. The van der Waals surface area contributed by atoms with E-state index in [1.165, 1.54) is 0 Å². The fourth-order valence-electron chi connectivity index (χ4n) is 2.49. The summed E-state index contributed by atoms with van der Waals surface area (Å²) in [5.41, 5.74) is 6.10. The number of hydrogen-bond donors (Lipinski definition) is 2. The average molecular weight is 320 g/mol. The Bertz CT molecular complexity index is 525. The van der Waals surface area contributed by atoms with Crippen LogP contribution in [0.5, 0.6) is 5.75 Å². The fourth-order valence-corrected chi connectivity index (χ4v) is 2.49. The van der Waals surface area contributed by atoms with Crippen LogP contribution in [-0.2, 0) is 9.59 Å². The van der Waals surface area contributed by atoms with Crippen LogP contribution in [-0.4, -0.2) is 67.5 Å². The Morgan fingerprint density at radius 2 is 1.83 bits per heavy atom. The minimum atomic E-state index is -0.610. The minimum absolute atomic E-state index is 0.494. The molecule has 1 aromatic rings. The summed E-state index contributed by atoms with van der Waals surface area (Å²) in [6, 6.07) is 6.95. The summed E-state index contributed by atoms with van der Waals surface area (Å²) < 4.78 is 5.34. The van der Waals surface area contributed by atoms with E-state index in [4.69, 9.17) is 10.5 Å². The smallest absolute Gasteiger partial charge is 0.313 e. The molecule has 2 rings (SSSR count). The van der Waals surface area contributed by atoms with Crippen molar-refractivity contribution in [1.82, 2.24) is 9.80 Å². The van der Waals surface area contributed by atoms with Crippen molar-refractivity contribution in [2.45, 2.75) is 6.92 Å². The third-order valence-corrected chi connectivity index (χ3v) is 3.72. The van der Waals surface area contributed by atoms with Gasteiger partial charge >= 0.3 is 11.8 Å². The number of carbonyl (C=O) groups is 2. The van der Waals surface area contributed by atoms with Gasteiger partial charge in [-0.15, -0.1) is 0 Å². The van der Waals surface area contributed by atoms with Crippen molar-refractivity contribution in [2.24, 2.45) is 5.73 Å². The molecule has 1 aliphatic heterocycles. The molecule has 0 aliphatic carbocycles. The molecule has 0 radical (unpaired) electrons. The van der Waals surface area contributed by atoms with Crippen LogP contribution < -0.4 is 15.8 Å². The molecule has 0 unspecified atom stereocenters. The summed E-state index contributed by atoms with van der Waals surface area (Å²) in [5.74, 6) is -0.374. The van der Waals surface area contributed by atoms with Crippen LogP contribution in [0.4, 0.5) is 5.69 Å². The number of benzene rings is 1. The van der Waals surface area contributed by atoms with E-state index in [1.807, 2.05) is 6.92 Å². The van der Waals surface area contributed by atoms with Crippen LogP contribution in [0, 0.1) is 0 Å². The number of anilines is 1. The molecule has 0 atom stereocenters. The molecule has 3 N–H and O–H groups in total. The van der Waals surface area contributed by atoms with Crippen LogP contribution >= 0.6 is 0 Å². The number of nitrogens with one attached hydrogen (secondary N) is 1. The Hall–Kier alpha value is -2.12. The van der Waals surface area contributed by atoms with Crippen LogP contribution in [0.3, 0.4) is 0 Å². The zero-order valence-corrected chi connectivity index (χ0v) is 13.5. The van der Waals surface area contributed by atoms with Gasteiger partial charge in [0.15, 0.2) is 0 Å². The fraction of sp³-hybridized carbons (Fsp3) is 0.500. The standard InChI is InChI=1S/C16H24N4O3/c1-2-23-14-5-3-13(4-6-14)18-15(21)16(22)20-11-9-19(8-7-17)10-12-20/h3-6H,2,7-12,17H2,1H3,(H,18,21). The van der Waals surface area contributed by atoms with Gasteiger partial charge in [0.1, 0.15) is 5.75 Å². The monoisotopic (exact) mass is 320 g/mol. The lowest BCUT2D eigenvalue weighted by Crippen LogP contribution is -2.52. The number of ether oxygens (including phenoxy) is 1. The van der Waals surface area contributed by atoms with Crippen molar-refractivity contribution in [3.05, 3.63) is 24.3 Å². The molecule has 1 saturated heterocycles. The van der Waals surface area contributed by atoms with Crippen molar-refractivity contribution >= 4 is 17.5 Å². The highest BCUT2D eigenvalue weighted by Gasteiger charge is 2.25. The largest absolute Gasteiger partial charge is 0.494 e. The van der Waals surface area contributed by atoms with E-state index in [2.05, 4.69) is 10.2 Å². The molecule has 23 heavy (non-hydrogen) atoms. The molecule has 1 heterocycles. The van der Waals surface area contributed by atoms with Crippen molar-refractivity contribution in [2.75, 3.05) is 51.2 Å². The second kappa shape index (κ2) is 8.50. The van der Waals surface area contributed by atoms with E-state index in [1.54, 1.807) is 29.2 Å². The third-order valence-electron chi connectivity index (χ3n) is 3.72. The summed E-state index contributed by atoms with van der Waals surface area (Å²) in [6.07, 6.45) is 0. The zero-order valence-electron chi connectivity index (χ0n) is 13.5. The van der Waals surface area contributed by atoms with Gasteiger partial charge in [0.05, 0.1) is 6.61 Å². The van der Waals surface area contributed by atoms with Gasteiger partial charge in [-0.25, -0.2) is 0 Å². The van der Waals surface area contributed by atoms with Crippen LogP contribution in [0.1, 0.15) is 6.92 Å². The quantitative estimate of drug-likeness (QED) is 0.753. The highest BCUT2D eigenvalue weighted by molar-refractivity contribution is 6.39. The first-order chi connectivity index (χ1) is 11.1. The van der Waals surface area contributed by atoms with Crippen LogP contribution in [0.2, 0.25) is 0 Å². The average Bonchev–Trinajstić information content (AvgIpc) is 2.57. The number of rotatable bonds is 5. The molecule has 0 saturated carbocycles. The highest BCUT2D eigenvalue weighted by atomic mass is 16.5. The summed E-state index contributed by atoms with van der Waals surface area (Å²) in [6.45, 7) is 6.51. The Morgan fingerprint density at radius 1 is 1.17 bits per heavy atom. The van der Waals surface area contributed by atoms with Gasteiger partial charge < -0.3 is 20.7 Å². The van der Waals surface area contributed by atoms with E-state index < -0.39 is 11.8 Å². The molecular formula is C16H24N4O3. The second-order valence-corrected chi connectivity index (χ2v) is 5.33. The first kappa shape index (κ1) is 17.2. The second-order valence-electron chi connectivity index (χ2n) is 5.33. The predicted molar refractivity (Wildman–Crippen MR) is 88.3 cm³/mol. The van der Waals surface area contributed by atoms with Gasteiger partial charge in [0.25, 0.3) is 0 Å². The molecule has 2 amide bonds. The predicted octanol–water partition coefficient (Wildman–Crippen LogP) is 0.127. The van der Waals surface area contributed by atoms with E-state index in [9.17, 15) is 9.59 Å². The van der Waals surface area contributed by atoms with E-state index in [-0.39, 0.29) is 0 Å². The van der Waals surface area contributed by atoms with Gasteiger partial charge in [-0.05, 0) is 31.2 Å². The van der Waals surface area contributed by atoms with Crippen LogP contribution in [0.15, 0.2) is 24.3 Å². The summed E-state index contributed by atoms with van der Waals surface area (Å²) in [4.78, 5) is 28.0. The van der Waals surface area contributed by atoms with E-state index in [0.717, 1.165) is 25.4 Å². The number of nitrogens with two attached hydrogens (primary N) is 1. The van der Waals surface area contributed by atoms with Gasteiger partial charge in [-0.3, -0.25) is 14.5 Å². The normalized spacial score (nSPS) is 15.3. The van der Waals surface area contributed by atoms with Crippen molar-refractivity contribution < 1.29 is 14.3 Å². The van der Waals surface area contributed by atoms with E-state index in [0.29, 0.717) is 31.9 Å². The number of carbonyl (C=O) groups excluding carboxylic acids is 2. The first-order valence-corrected chi connectivity index (χ1v) is 7.89. The Balaban J connectivity index is 1.84. The van der Waals surface area contributed by atoms with Gasteiger partial charge in [0.2, 0.25) is 0 Å². The lowest BCUT2D eigenvalue weighted by Gasteiger charge is -2.34. The van der Waals surface area contributed by atoms with Crippen molar-refractivity contribution in [3.8, 4) is 5.75 Å². The molecule has 0 spiro atoms. The van der Waals surface area contributed by atoms with Gasteiger partial charge in [-0.2, -0.15) is 0 Å². The minimum Gasteiger partial charge on any atom is -0.494 e. The lowest BCUT2D eigenvalue weighted by molar-refractivity contribution is -0.144. The SMILES string of the molecule is CCOc1ccc(NC(=O)C(=O)N2CCN(CCN)CC2)cc1. The summed E-state index contributed by atoms with van der Waals surface area (Å²) in [7, 11) is 0. The maximum atomic E-state index is 12.2. The molecule has 0 bridgehead atoms. The topological polar surface area (TPSA) is 87.9 Å². The van der Waals surface area contributed by atoms with Gasteiger partial charge in [-0.1, -0.05) is 0 Å². The van der Waals surface area contributed by atoms with Crippen molar-refractivity contribution in [3.63, 3.8) is 0 Å². The molecule has 0 aromatic heterocycles. The maximum Gasteiger partial charge on any atom is 0.313 e. The number of hydrogen-bond acceptors (Lipinski definition) is 5. The lowest BCUT2D eigenvalue weighted by atomic mass is 10.2. The van der Waals surface area contributed by atoms with Gasteiger partial charge in [0, 0.05) is 45.0 Å². The molecule has 126 valence electrons. The third kappa shape index (κ3) is 4.94. The molecular weight excluding hydrogens is 296 g/mol. The Labute approximate surface area is 136 Å². The van der Waals surface area contributed by atoms with Crippen LogP contribution in [0.25, 0.3) is 0 Å². The molecule has 1 aliphatic rings. The van der Waals surface area contributed by atoms with Crippen molar-refractivity contribution in [1.29, 1.82) is 0 Å². The summed E-state index contributed by atoms with van der Waals surface area (Å²) in [5, 5.41) is 2.63. The molecule has 7 heteroatoms. The number of nitrogens with zero attached hydrogens (tertiary/aromatic N) is 2. The molecule has 1 aromatic carbocycles. The Kier molecular flexibility index (Phi) is 6.37. The molecule has 1 fully saturated rings. The number of amides is 2. The zero-order chi connectivity index (χ0) is 16.7. The number of piperazine rings is 1.